The molecule has 128 valence electrons. The molecule has 0 aromatic heterocycles. The molecule has 6 atom stereocenters. The Labute approximate surface area is 143 Å². The Hall–Kier alpha value is -0.780. The Bertz CT molecular complexity index is 514. The van der Waals surface area contributed by atoms with E-state index >= 15 is 0 Å². The molecule has 3 saturated carbocycles. The number of allylic oxidation sites excluding steroid dienone is 2. The molecule has 3 rings (SSSR count). The van der Waals surface area contributed by atoms with Gasteiger partial charge in [-0.05, 0) is 92.6 Å². The molecule has 3 fully saturated rings. The summed E-state index contributed by atoms with van der Waals surface area (Å²) in [4.78, 5) is 0. The van der Waals surface area contributed by atoms with E-state index in [2.05, 4.69) is 51.2 Å². The van der Waals surface area contributed by atoms with E-state index in [-0.39, 0.29) is 0 Å². The van der Waals surface area contributed by atoms with Crippen molar-refractivity contribution in [3.05, 3.63) is 30.5 Å². The normalized spacial score (nSPS) is 46.0. The molecule has 0 bridgehead atoms. The molecular weight excluding hydrogens is 278 g/mol. The van der Waals surface area contributed by atoms with E-state index in [9.17, 15) is 0 Å². The summed E-state index contributed by atoms with van der Waals surface area (Å²) in [5.74, 6) is 2.64. The third kappa shape index (κ3) is 2.48. The second-order valence-electron chi connectivity index (χ2n) is 8.78. The smallest absolute Gasteiger partial charge is 0.0121 e. The van der Waals surface area contributed by atoms with Gasteiger partial charge in [-0.25, -0.2) is 0 Å². The fourth-order valence-corrected chi connectivity index (χ4v) is 6.81. The second-order valence-corrected chi connectivity index (χ2v) is 8.78. The second kappa shape index (κ2) is 6.26. The van der Waals surface area contributed by atoms with Crippen molar-refractivity contribution in [1.82, 2.24) is 5.32 Å². The first kappa shape index (κ1) is 17.1. The maximum atomic E-state index is 3.99. The van der Waals surface area contributed by atoms with Gasteiger partial charge in [0.15, 0.2) is 0 Å². The maximum Gasteiger partial charge on any atom is 0.0121 e. The Morgan fingerprint density at radius 2 is 2.00 bits per heavy atom. The van der Waals surface area contributed by atoms with Crippen LogP contribution in [-0.4, -0.2) is 13.1 Å². The van der Waals surface area contributed by atoms with Gasteiger partial charge in [-0.3, -0.25) is 0 Å². The molecule has 3 aliphatic rings. The van der Waals surface area contributed by atoms with Crippen LogP contribution in [0, 0.1) is 28.6 Å². The van der Waals surface area contributed by atoms with Crippen LogP contribution in [0.3, 0.4) is 0 Å². The average molecular weight is 314 g/mol. The summed E-state index contributed by atoms with van der Waals surface area (Å²) in [6.45, 7) is 13.1. The third-order valence-corrected chi connectivity index (χ3v) is 8.10. The molecule has 0 saturated heterocycles. The van der Waals surface area contributed by atoms with Gasteiger partial charge in [-0.15, -0.1) is 12.3 Å². The molecule has 0 aromatic carbocycles. The highest BCUT2D eigenvalue weighted by Crippen LogP contribution is 2.64. The number of rotatable bonds is 4. The standard InChI is InChI=1S/C22H35N/c1-6-8-14-22(4)19-13-15-21(3)16(7-2)9-11-18(21)17(19)10-12-20(22)23-5/h6,17-20,23H,1-2,8-15H2,3-5H3. The summed E-state index contributed by atoms with van der Waals surface area (Å²) in [7, 11) is 2.16. The van der Waals surface area contributed by atoms with Crippen molar-refractivity contribution in [3.63, 3.8) is 0 Å². The molecular formula is C22H35N. The number of hydrogen-bond acceptors (Lipinski definition) is 1. The number of hydrogen-bond donors (Lipinski definition) is 1. The molecule has 1 N–H and O–H groups in total. The highest BCUT2D eigenvalue weighted by atomic mass is 14.9. The highest BCUT2D eigenvalue weighted by molar-refractivity contribution is 5.23. The van der Waals surface area contributed by atoms with Crippen LogP contribution in [0.4, 0.5) is 0 Å². The van der Waals surface area contributed by atoms with Crippen LogP contribution in [0.5, 0.6) is 0 Å². The summed E-state index contributed by atoms with van der Waals surface area (Å²) in [5.41, 5.74) is 5.67. The molecule has 0 aromatic rings. The van der Waals surface area contributed by atoms with Crippen molar-refractivity contribution in [3.8, 4) is 0 Å². The summed E-state index contributed by atoms with van der Waals surface area (Å²) < 4.78 is 0. The highest BCUT2D eigenvalue weighted by Gasteiger charge is 2.57. The lowest BCUT2D eigenvalue weighted by Gasteiger charge is -2.58. The van der Waals surface area contributed by atoms with Crippen molar-refractivity contribution < 1.29 is 0 Å². The van der Waals surface area contributed by atoms with Crippen LogP contribution in [0.15, 0.2) is 30.5 Å². The van der Waals surface area contributed by atoms with Gasteiger partial charge >= 0.3 is 0 Å². The van der Waals surface area contributed by atoms with E-state index in [1.54, 1.807) is 0 Å². The average Bonchev–Trinajstić information content (AvgIpc) is 2.90. The van der Waals surface area contributed by atoms with Crippen molar-refractivity contribution >= 4 is 0 Å². The van der Waals surface area contributed by atoms with Crippen LogP contribution in [0.2, 0.25) is 0 Å². The molecule has 0 amide bonds. The largest absolute Gasteiger partial charge is 0.316 e. The fourth-order valence-electron chi connectivity index (χ4n) is 6.81. The zero-order valence-electron chi connectivity index (χ0n) is 15.5. The molecule has 0 aliphatic heterocycles. The quantitative estimate of drug-likeness (QED) is 0.534. The van der Waals surface area contributed by atoms with Crippen LogP contribution >= 0.6 is 0 Å². The van der Waals surface area contributed by atoms with E-state index < -0.39 is 0 Å². The minimum Gasteiger partial charge on any atom is -0.316 e. The lowest BCUT2D eigenvalue weighted by atomic mass is 9.48. The molecule has 0 radical (unpaired) electrons. The van der Waals surface area contributed by atoms with Gasteiger partial charge in [0.2, 0.25) is 0 Å². The summed E-state index contributed by atoms with van der Waals surface area (Å²) in [5, 5.41) is 3.66. The Morgan fingerprint density at radius 1 is 1.22 bits per heavy atom. The lowest BCUT2D eigenvalue weighted by Crippen LogP contribution is -2.56. The topological polar surface area (TPSA) is 12.0 Å². The Balaban J connectivity index is 1.91. The lowest BCUT2D eigenvalue weighted by molar-refractivity contribution is -0.0669. The van der Waals surface area contributed by atoms with Gasteiger partial charge in [-0.1, -0.05) is 26.5 Å². The van der Waals surface area contributed by atoms with E-state index in [1.807, 2.05) is 0 Å². The zero-order valence-corrected chi connectivity index (χ0v) is 15.5. The summed E-state index contributed by atoms with van der Waals surface area (Å²) in [6.07, 6.45) is 12.6. The molecule has 3 aliphatic carbocycles. The summed E-state index contributed by atoms with van der Waals surface area (Å²) >= 11 is 0. The first-order valence-corrected chi connectivity index (χ1v) is 9.69. The van der Waals surface area contributed by atoms with Crippen molar-refractivity contribution in [2.24, 2.45) is 28.6 Å². The van der Waals surface area contributed by atoms with Crippen molar-refractivity contribution in [2.45, 2.75) is 71.3 Å². The van der Waals surface area contributed by atoms with Crippen LogP contribution in [0.1, 0.15) is 65.2 Å². The third-order valence-electron chi connectivity index (χ3n) is 8.10. The van der Waals surface area contributed by atoms with Crippen molar-refractivity contribution in [2.75, 3.05) is 7.05 Å². The van der Waals surface area contributed by atoms with Gasteiger partial charge in [0.05, 0.1) is 0 Å². The van der Waals surface area contributed by atoms with Crippen LogP contribution in [-0.2, 0) is 0 Å². The molecule has 0 spiro atoms. The zero-order chi connectivity index (χ0) is 16.7. The number of fused-ring (bicyclic) bond motifs is 3. The van der Waals surface area contributed by atoms with Gasteiger partial charge in [0.25, 0.3) is 0 Å². The van der Waals surface area contributed by atoms with E-state index in [1.165, 1.54) is 50.5 Å². The molecule has 0 heterocycles. The SMILES string of the molecule is C=C=C1CCC2C3CCC(NC)C(C)(CCC=C)C3CCC12C. The van der Waals surface area contributed by atoms with Gasteiger partial charge < -0.3 is 5.32 Å². The van der Waals surface area contributed by atoms with Crippen LogP contribution in [0.25, 0.3) is 0 Å². The molecule has 23 heavy (non-hydrogen) atoms. The minimum absolute atomic E-state index is 0.398. The Morgan fingerprint density at radius 3 is 2.65 bits per heavy atom. The van der Waals surface area contributed by atoms with Gasteiger partial charge in [0.1, 0.15) is 0 Å². The predicted molar refractivity (Wildman–Crippen MR) is 99.3 cm³/mol. The fraction of sp³-hybridized carbons (Fsp3) is 0.773. The minimum atomic E-state index is 0.398. The number of nitrogens with one attached hydrogen (secondary N) is 1. The van der Waals surface area contributed by atoms with Crippen LogP contribution < -0.4 is 5.32 Å². The van der Waals surface area contributed by atoms with Gasteiger partial charge in [-0.2, -0.15) is 0 Å². The maximum absolute atomic E-state index is 3.99. The van der Waals surface area contributed by atoms with E-state index in [0.717, 1.165) is 24.2 Å². The van der Waals surface area contributed by atoms with E-state index in [4.69, 9.17) is 0 Å². The first-order chi connectivity index (χ1) is 11.0. The molecule has 1 nitrogen and oxygen atoms in total. The molecule has 1 heteroatoms. The van der Waals surface area contributed by atoms with E-state index in [0.29, 0.717) is 16.9 Å². The first-order valence-electron chi connectivity index (χ1n) is 9.69. The molecule has 6 unspecified atom stereocenters. The van der Waals surface area contributed by atoms with Crippen molar-refractivity contribution in [1.29, 1.82) is 0 Å². The van der Waals surface area contributed by atoms with Gasteiger partial charge in [0, 0.05) is 6.04 Å². The Kier molecular flexibility index (Phi) is 4.64. The predicted octanol–water partition coefficient (Wildman–Crippen LogP) is 5.49. The summed E-state index contributed by atoms with van der Waals surface area (Å²) in [6, 6.07) is 0.670. The monoisotopic (exact) mass is 313 g/mol.